The number of halogens is 1. The van der Waals surface area contributed by atoms with Crippen LogP contribution in [0.2, 0.25) is 0 Å². The first-order chi connectivity index (χ1) is 14.5. The number of pyridine rings is 1. The number of carbonyl (C=O) groups excluding carboxylic acids is 1. The minimum atomic E-state index is -0.400. The number of piperidine rings is 1. The van der Waals surface area contributed by atoms with Gasteiger partial charge >= 0.3 is 0 Å². The first-order valence-electron chi connectivity index (χ1n) is 10.0. The number of anilines is 1. The Morgan fingerprint density at radius 1 is 1.13 bits per heavy atom. The molecule has 1 saturated heterocycles. The quantitative estimate of drug-likeness (QED) is 0.661. The van der Waals surface area contributed by atoms with Gasteiger partial charge in [0.1, 0.15) is 11.6 Å². The average molecular weight is 405 g/mol. The molecule has 1 fully saturated rings. The highest BCUT2D eigenvalue weighted by Crippen LogP contribution is 2.30. The second-order valence-electron chi connectivity index (χ2n) is 7.71. The van der Waals surface area contributed by atoms with Gasteiger partial charge in [-0.05, 0) is 43.2 Å². The van der Waals surface area contributed by atoms with Crippen LogP contribution in [0.4, 0.5) is 10.2 Å². The van der Waals surface area contributed by atoms with Crippen LogP contribution in [0.5, 0.6) is 0 Å². The molecule has 1 amide bonds. The van der Waals surface area contributed by atoms with Crippen LogP contribution >= 0.6 is 0 Å². The summed E-state index contributed by atoms with van der Waals surface area (Å²) in [6.45, 7) is 1.21. The number of amides is 1. The molecule has 154 valence electrons. The van der Waals surface area contributed by atoms with E-state index in [2.05, 4.69) is 9.97 Å². The fourth-order valence-corrected chi connectivity index (χ4v) is 3.73. The molecule has 0 bridgehead atoms. The van der Waals surface area contributed by atoms with Gasteiger partial charge in [-0.2, -0.15) is 0 Å². The van der Waals surface area contributed by atoms with Crippen LogP contribution in [-0.2, 0) is 0 Å². The molecule has 0 radical (unpaired) electrons. The van der Waals surface area contributed by atoms with Gasteiger partial charge in [0.25, 0.3) is 5.91 Å². The Kier molecular flexibility index (Phi) is 5.70. The van der Waals surface area contributed by atoms with E-state index in [-0.39, 0.29) is 11.8 Å². The minimum absolute atomic E-state index is 0.0959. The smallest absolute Gasteiger partial charge is 0.253 e. The third-order valence-electron chi connectivity index (χ3n) is 5.33. The van der Waals surface area contributed by atoms with Gasteiger partial charge in [0.15, 0.2) is 5.82 Å². The molecule has 1 aromatic carbocycles. The van der Waals surface area contributed by atoms with E-state index in [1.165, 1.54) is 12.1 Å². The van der Waals surface area contributed by atoms with E-state index in [1.54, 1.807) is 29.4 Å². The van der Waals surface area contributed by atoms with Crippen LogP contribution in [0, 0.1) is 5.82 Å². The third kappa shape index (κ3) is 4.30. The van der Waals surface area contributed by atoms with Crippen molar-refractivity contribution < 1.29 is 9.18 Å². The molecule has 0 spiro atoms. The van der Waals surface area contributed by atoms with Crippen LogP contribution in [0.15, 0.2) is 54.9 Å². The molecule has 1 aliphatic rings. The van der Waals surface area contributed by atoms with Gasteiger partial charge in [-0.3, -0.25) is 9.78 Å². The predicted molar refractivity (Wildman–Crippen MR) is 114 cm³/mol. The lowest BCUT2D eigenvalue weighted by Gasteiger charge is -2.33. The highest BCUT2D eigenvalue weighted by Gasteiger charge is 2.27. The summed E-state index contributed by atoms with van der Waals surface area (Å²) in [4.78, 5) is 30.2. The van der Waals surface area contributed by atoms with Gasteiger partial charge in [0, 0.05) is 62.7 Å². The number of benzene rings is 1. The zero-order valence-corrected chi connectivity index (χ0v) is 17.1. The fourth-order valence-electron chi connectivity index (χ4n) is 3.73. The number of nitrogens with zero attached hydrogens (tertiary/aromatic N) is 5. The topological polar surface area (TPSA) is 62.2 Å². The second kappa shape index (κ2) is 8.57. The van der Waals surface area contributed by atoms with Crippen molar-refractivity contribution in [2.45, 2.75) is 18.8 Å². The normalized spacial score (nSPS) is 16.4. The molecule has 4 rings (SSSR count). The monoisotopic (exact) mass is 405 g/mol. The number of hydrogen-bond donors (Lipinski definition) is 0. The molecule has 0 N–H and O–H groups in total. The van der Waals surface area contributed by atoms with Crippen molar-refractivity contribution in [3.8, 4) is 11.4 Å². The molecule has 2 aromatic heterocycles. The van der Waals surface area contributed by atoms with Crippen molar-refractivity contribution in [3.05, 3.63) is 71.9 Å². The van der Waals surface area contributed by atoms with E-state index in [4.69, 9.17) is 4.98 Å². The van der Waals surface area contributed by atoms with Crippen molar-refractivity contribution in [3.63, 3.8) is 0 Å². The summed E-state index contributed by atoms with van der Waals surface area (Å²) in [5.41, 5.74) is 2.19. The maximum Gasteiger partial charge on any atom is 0.253 e. The summed E-state index contributed by atoms with van der Waals surface area (Å²) in [7, 11) is 3.90. The number of rotatable bonds is 4. The van der Waals surface area contributed by atoms with Crippen molar-refractivity contribution in [1.82, 2.24) is 19.9 Å². The lowest BCUT2D eigenvalue weighted by molar-refractivity contribution is 0.0705. The maximum absolute atomic E-state index is 13.6. The van der Waals surface area contributed by atoms with Gasteiger partial charge in [0.05, 0.1) is 5.69 Å². The summed E-state index contributed by atoms with van der Waals surface area (Å²) in [5, 5.41) is 0. The standard InChI is InChI=1S/C23H24FN5O/c1-28(2)21-14-20(26-22(27-21)16-8-10-25-11-9-16)18-6-4-12-29(15-18)23(30)17-5-3-7-19(24)13-17/h3,5,7-11,13-14,18H,4,6,12,15H2,1-2H3/t18-/m1/s1. The van der Waals surface area contributed by atoms with Crippen molar-refractivity contribution in [2.24, 2.45) is 0 Å². The Hall–Kier alpha value is -3.35. The summed E-state index contributed by atoms with van der Waals surface area (Å²) in [6.07, 6.45) is 5.26. The van der Waals surface area contributed by atoms with Crippen LogP contribution < -0.4 is 4.90 Å². The van der Waals surface area contributed by atoms with Gasteiger partial charge in [0.2, 0.25) is 0 Å². The zero-order valence-electron chi connectivity index (χ0n) is 17.1. The molecular formula is C23H24FN5O. The fraction of sp³-hybridized carbons (Fsp3) is 0.304. The lowest BCUT2D eigenvalue weighted by atomic mass is 9.93. The van der Waals surface area contributed by atoms with Crippen LogP contribution in [0.25, 0.3) is 11.4 Å². The van der Waals surface area contributed by atoms with Crippen molar-refractivity contribution in [1.29, 1.82) is 0 Å². The molecule has 6 nitrogen and oxygen atoms in total. The molecule has 7 heteroatoms. The third-order valence-corrected chi connectivity index (χ3v) is 5.33. The number of likely N-dealkylation sites (tertiary alicyclic amines) is 1. The second-order valence-corrected chi connectivity index (χ2v) is 7.71. The first kappa shape index (κ1) is 19.9. The molecule has 3 heterocycles. The average Bonchev–Trinajstić information content (AvgIpc) is 2.79. The van der Waals surface area contributed by atoms with Crippen LogP contribution in [0.3, 0.4) is 0 Å². The summed E-state index contributed by atoms with van der Waals surface area (Å²) >= 11 is 0. The maximum atomic E-state index is 13.6. The van der Waals surface area contributed by atoms with E-state index in [0.29, 0.717) is 24.5 Å². The highest BCUT2D eigenvalue weighted by atomic mass is 19.1. The SMILES string of the molecule is CN(C)c1cc([C@@H]2CCCN(C(=O)c3cccc(F)c3)C2)nc(-c2ccncc2)n1. The molecule has 0 aliphatic carbocycles. The molecule has 0 unspecified atom stereocenters. The summed E-state index contributed by atoms with van der Waals surface area (Å²) in [5.74, 6) is 1.02. The van der Waals surface area contributed by atoms with Gasteiger partial charge in [-0.1, -0.05) is 6.07 Å². The van der Waals surface area contributed by atoms with Gasteiger partial charge in [-0.15, -0.1) is 0 Å². The van der Waals surface area contributed by atoms with Crippen molar-refractivity contribution >= 4 is 11.7 Å². The highest BCUT2D eigenvalue weighted by molar-refractivity contribution is 5.94. The van der Waals surface area contributed by atoms with E-state index in [0.717, 1.165) is 29.9 Å². The van der Waals surface area contributed by atoms with Crippen LogP contribution in [0.1, 0.15) is 34.8 Å². The molecule has 1 atom stereocenters. The van der Waals surface area contributed by atoms with Gasteiger partial charge in [-0.25, -0.2) is 14.4 Å². The Balaban J connectivity index is 1.63. The molecule has 3 aromatic rings. The predicted octanol–water partition coefficient (Wildman–Crippen LogP) is 3.76. The molecular weight excluding hydrogens is 381 g/mol. The zero-order chi connectivity index (χ0) is 21.1. The van der Waals surface area contributed by atoms with Crippen molar-refractivity contribution in [2.75, 3.05) is 32.1 Å². The minimum Gasteiger partial charge on any atom is -0.363 e. The Morgan fingerprint density at radius 3 is 2.67 bits per heavy atom. The van der Waals surface area contributed by atoms with E-state index >= 15 is 0 Å². The van der Waals surface area contributed by atoms with E-state index in [1.807, 2.05) is 37.2 Å². The Labute approximate surface area is 175 Å². The van der Waals surface area contributed by atoms with E-state index in [9.17, 15) is 9.18 Å². The van der Waals surface area contributed by atoms with Gasteiger partial charge < -0.3 is 9.80 Å². The number of carbonyl (C=O) groups is 1. The molecule has 1 aliphatic heterocycles. The largest absolute Gasteiger partial charge is 0.363 e. The van der Waals surface area contributed by atoms with Crippen LogP contribution in [-0.4, -0.2) is 52.9 Å². The lowest BCUT2D eigenvalue weighted by Crippen LogP contribution is -2.39. The number of aromatic nitrogens is 3. The summed E-state index contributed by atoms with van der Waals surface area (Å²) in [6, 6.07) is 11.6. The molecule has 30 heavy (non-hydrogen) atoms. The number of hydrogen-bond acceptors (Lipinski definition) is 5. The summed E-state index contributed by atoms with van der Waals surface area (Å²) < 4.78 is 13.6. The Morgan fingerprint density at radius 2 is 1.93 bits per heavy atom. The first-order valence-corrected chi connectivity index (χ1v) is 10.0. The van der Waals surface area contributed by atoms with E-state index < -0.39 is 5.82 Å². The Bertz CT molecular complexity index is 1040. The molecule has 0 saturated carbocycles.